The van der Waals surface area contributed by atoms with Crippen LogP contribution in [-0.2, 0) is 9.59 Å². The van der Waals surface area contributed by atoms with Crippen molar-refractivity contribution in [2.45, 2.75) is 44.9 Å². The van der Waals surface area contributed by atoms with E-state index in [1.54, 1.807) is 0 Å². The molecule has 0 aromatic carbocycles. The largest absolute Gasteiger partial charge is 0.481 e. The number of rotatable bonds is 5. The first-order valence-electron chi connectivity index (χ1n) is 6.14. The van der Waals surface area contributed by atoms with Gasteiger partial charge >= 0.3 is 11.9 Å². The summed E-state index contributed by atoms with van der Waals surface area (Å²) in [5, 5.41) is 16.3. The van der Waals surface area contributed by atoms with Crippen LogP contribution in [0.3, 0.4) is 0 Å². The lowest BCUT2D eigenvalue weighted by Crippen LogP contribution is -2.24. The zero-order chi connectivity index (χ0) is 13.1. The van der Waals surface area contributed by atoms with E-state index in [1.165, 1.54) is 32.4 Å². The molecule has 0 aromatic heterocycles. The zero-order valence-electron chi connectivity index (χ0n) is 11.0. The van der Waals surface area contributed by atoms with Gasteiger partial charge in [0.15, 0.2) is 0 Å². The molecule has 6 nitrogen and oxygen atoms in total. The molecule has 1 aliphatic rings. The number of nitrogens with zero attached hydrogens (tertiary/aromatic N) is 1. The number of unbranched alkanes of at least 4 members (excludes halogenated alkanes) is 1. The second-order valence-electron chi connectivity index (χ2n) is 4.36. The maximum atomic E-state index is 9.90. The van der Waals surface area contributed by atoms with Gasteiger partial charge in [0.05, 0.1) is 0 Å². The molecule has 0 bridgehead atoms. The molecular formula is C12H25NO5. The molecule has 0 aliphatic carbocycles. The highest BCUT2D eigenvalue weighted by atomic mass is 16.4. The van der Waals surface area contributed by atoms with E-state index in [4.69, 9.17) is 10.2 Å². The van der Waals surface area contributed by atoms with Gasteiger partial charge in [-0.05, 0) is 45.8 Å². The molecule has 0 spiro atoms. The highest BCUT2D eigenvalue weighted by Gasteiger charge is 2.02. The van der Waals surface area contributed by atoms with Crippen LogP contribution in [0.2, 0.25) is 0 Å². The predicted octanol–water partition coefficient (Wildman–Crippen LogP) is 0.993. The van der Waals surface area contributed by atoms with Crippen molar-refractivity contribution in [2.75, 3.05) is 20.1 Å². The molecule has 0 unspecified atom stereocenters. The molecule has 18 heavy (non-hydrogen) atoms. The Morgan fingerprint density at radius 1 is 0.944 bits per heavy atom. The second kappa shape index (κ2) is 12.3. The number of carboxylic acid groups (broad SMARTS) is 2. The Balaban J connectivity index is 0. The third-order valence-electron chi connectivity index (χ3n) is 2.61. The molecule has 1 aliphatic heterocycles. The van der Waals surface area contributed by atoms with Crippen LogP contribution in [0, 0.1) is 0 Å². The first-order chi connectivity index (χ1) is 8.02. The smallest absolute Gasteiger partial charge is 0.303 e. The highest BCUT2D eigenvalue weighted by molar-refractivity contribution is 5.67. The van der Waals surface area contributed by atoms with E-state index in [-0.39, 0.29) is 18.3 Å². The Bertz CT molecular complexity index is 211. The van der Waals surface area contributed by atoms with Gasteiger partial charge in [0.2, 0.25) is 0 Å². The topological polar surface area (TPSA) is 109 Å². The number of carboxylic acids is 2. The Hall–Kier alpha value is -1.14. The van der Waals surface area contributed by atoms with Crippen molar-refractivity contribution in [3.63, 3.8) is 0 Å². The quantitative estimate of drug-likeness (QED) is 0.719. The van der Waals surface area contributed by atoms with Crippen LogP contribution in [0.25, 0.3) is 0 Å². The highest BCUT2D eigenvalue weighted by Crippen LogP contribution is 2.04. The Labute approximate surface area is 108 Å². The summed E-state index contributed by atoms with van der Waals surface area (Å²) in [6.07, 6.45) is 5.29. The summed E-state index contributed by atoms with van der Waals surface area (Å²) < 4.78 is 0. The van der Waals surface area contributed by atoms with Gasteiger partial charge in [-0.15, -0.1) is 0 Å². The van der Waals surface area contributed by atoms with Crippen LogP contribution < -0.4 is 0 Å². The molecule has 0 radical (unpaired) electrons. The van der Waals surface area contributed by atoms with Crippen molar-refractivity contribution in [3.8, 4) is 0 Å². The number of piperidine rings is 1. The Morgan fingerprint density at radius 3 is 1.56 bits per heavy atom. The van der Waals surface area contributed by atoms with Gasteiger partial charge in [0.1, 0.15) is 0 Å². The number of hydrogen-bond donors (Lipinski definition) is 2. The van der Waals surface area contributed by atoms with E-state index in [0.717, 1.165) is 0 Å². The second-order valence-corrected chi connectivity index (χ2v) is 4.36. The minimum Gasteiger partial charge on any atom is -0.481 e. The monoisotopic (exact) mass is 263 g/mol. The van der Waals surface area contributed by atoms with Gasteiger partial charge in [0.25, 0.3) is 0 Å². The summed E-state index contributed by atoms with van der Waals surface area (Å²) in [6, 6.07) is 0. The van der Waals surface area contributed by atoms with E-state index in [0.29, 0.717) is 12.8 Å². The average molecular weight is 263 g/mol. The third-order valence-corrected chi connectivity index (χ3v) is 2.61. The van der Waals surface area contributed by atoms with Gasteiger partial charge in [-0.25, -0.2) is 0 Å². The lowest BCUT2D eigenvalue weighted by molar-refractivity contribution is -0.139. The van der Waals surface area contributed by atoms with Crippen LogP contribution in [0.5, 0.6) is 0 Å². The molecule has 0 amide bonds. The summed E-state index contributed by atoms with van der Waals surface area (Å²) in [7, 11) is 2.19. The van der Waals surface area contributed by atoms with Crippen LogP contribution >= 0.6 is 0 Å². The lowest BCUT2D eigenvalue weighted by atomic mass is 10.1. The maximum Gasteiger partial charge on any atom is 0.303 e. The molecule has 0 atom stereocenters. The minimum absolute atomic E-state index is 0. The summed E-state index contributed by atoms with van der Waals surface area (Å²) in [4.78, 5) is 22.2. The minimum atomic E-state index is -0.870. The van der Waals surface area contributed by atoms with E-state index in [1.807, 2.05) is 0 Å². The van der Waals surface area contributed by atoms with Gasteiger partial charge in [-0.1, -0.05) is 6.42 Å². The van der Waals surface area contributed by atoms with Gasteiger partial charge in [-0.2, -0.15) is 0 Å². The Kier molecular flexibility index (Phi) is 13.1. The fourth-order valence-electron chi connectivity index (χ4n) is 1.60. The standard InChI is InChI=1S/C6H13N.C6H10O4.H2O/c1-7-5-3-2-4-6-7;7-5(8)3-1-2-4-6(9)10;/h2-6H2,1H3;1-4H2,(H,7,8)(H,9,10);1H2. The van der Waals surface area contributed by atoms with E-state index in [9.17, 15) is 9.59 Å². The molecule has 1 heterocycles. The SMILES string of the molecule is CN1CCCCC1.O.O=C(O)CCCCC(=O)O. The van der Waals surface area contributed by atoms with E-state index < -0.39 is 11.9 Å². The molecule has 6 heteroatoms. The van der Waals surface area contributed by atoms with Crippen LogP contribution in [0.1, 0.15) is 44.9 Å². The van der Waals surface area contributed by atoms with Crippen LogP contribution in [0.4, 0.5) is 0 Å². The summed E-state index contributed by atoms with van der Waals surface area (Å²) in [5.41, 5.74) is 0. The van der Waals surface area contributed by atoms with E-state index >= 15 is 0 Å². The maximum absolute atomic E-state index is 9.90. The van der Waals surface area contributed by atoms with Crippen molar-refractivity contribution in [3.05, 3.63) is 0 Å². The summed E-state index contributed by atoms with van der Waals surface area (Å²) >= 11 is 0. The summed E-state index contributed by atoms with van der Waals surface area (Å²) in [5.74, 6) is -1.74. The molecule has 0 aromatic rings. The average Bonchev–Trinajstić information content (AvgIpc) is 2.26. The number of likely N-dealkylation sites (tertiary alicyclic amines) is 1. The number of aliphatic carboxylic acids is 2. The molecule has 1 rings (SSSR count). The van der Waals surface area contributed by atoms with Gasteiger partial charge in [0, 0.05) is 12.8 Å². The Morgan fingerprint density at radius 2 is 1.33 bits per heavy atom. The van der Waals surface area contributed by atoms with Gasteiger partial charge in [-0.3, -0.25) is 9.59 Å². The lowest BCUT2D eigenvalue weighted by Gasteiger charge is -2.20. The van der Waals surface area contributed by atoms with Crippen molar-refractivity contribution in [1.29, 1.82) is 0 Å². The normalized spacial score (nSPS) is 14.9. The summed E-state index contributed by atoms with van der Waals surface area (Å²) in [6.45, 7) is 2.64. The predicted molar refractivity (Wildman–Crippen MR) is 68.7 cm³/mol. The van der Waals surface area contributed by atoms with Crippen molar-refractivity contribution in [2.24, 2.45) is 0 Å². The van der Waals surface area contributed by atoms with Crippen molar-refractivity contribution in [1.82, 2.24) is 4.90 Å². The number of hydrogen-bond acceptors (Lipinski definition) is 3. The van der Waals surface area contributed by atoms with Gasteiger partial charge < -0.3 is 20.6 Å². The van der Waals surface area contributed by atoms with Crippen molar-refractivity contribution >= 4 is 11.9 Å². The molecule has 108 valence electrons. The fourth-order valence-corrected chi connectivity index (χ4v) is 1.60. The first kappa shape index (κ1) is 19.2. The molecule has 4 N–H and O–H groups in total. The molecule has 1 fully saturated rings. The molecular weight excluding hydrogens is 238 g/mol. The fraction of sp³-hybridized carbons (Fsp3) is 0.833. The first-order valence-corrected chi connectivity index (χ1v) is 6.14. The third kappa shape index (κ3) is 14.9. The van der Waals surface area contributed by atoms with Crippen molar-refractivity contribution < 1.29 is 25.3 Å². The van der Waals surface area contributed by atoms with Crippen LogP contribution in [0.15, 0.2) is 0 Å². The van der Waals surface area contributed by atoms with E-state index in [2.05, 4.69) is 11.9 Å². The zero-order valence-corrected chi connectivity index (χ0v) is 11.0. The molecule has 1 saturated heterocycles. The number of carbonyl (C=O) groups is 2. The van der Waals surface area contributed by atoms with Crippen LogP contribution in [-0.4, -0.2) is 52.7 Å². The molecule has 0 saturated carbocycles.